The zero-order valence-electron chi connectivity index (χ0n) is 11.9. The molecule has 0 spiro atoms. The molecular weight excluding hydrogens is 274 g/mol. The third kappa shape index (κ3) is 3.88. The molecule has 0 unspecified atom stereocenters. The third-order valence-electron chi connectivity index (χ3n) is 2.67. The van der Waals surface area contributed by atoms with Crippen LogP contribution >= 0.6 is 11.3 Å². The minimum Gasteiger partial charge on any atom is -0.377 e. The van der Waals surface area contributed by atoms with Gasteiger partial charge in [-0.3, -0.25) is 0 Å². The predicted molar refractivity (Wildman–Crippen MR) is 81.1 cm³/mol. The van der Waals surface area contributed by atoms with E-state index in [2.05, 4.69) is 32.5 Å². The van der Waals surface area contributed by atoms with Gasteiger partial charge in [0.05, 0.1) is 6.54 Å². The van der Waals surface area contributed by atoms with Crippen molar-refractivity contribution in [3.05, 3.63) is 28.0 Å². The molecule has 2 aromatic heterocycles. The quantitative estimate of drug-likeness (QED) is 0.816. The number of methoxy groups -OCH3 is 1. The fraction of sp³-hybridized carbons (Fsp3) is 0.462. The van der Waals surface area contributed by atoms with Crippen LogP contribution in [0.2, 0.25) is 0 Å². The van der Waals surface area contributed by atoms with E-state index in [1.807, 2.05) is 19.3 Å². The zero-order chi connectivity index (χ0) is 14.4. The summed E-state index contributed by atoms with van der Waals surface area (Å²) in [6, 6.07) is 1.87. The standard InChI is InChI=1S/C13H19N5OS/c1-4-9-6-16-13(20-9)7-15-11-5-10(14-2)17-12(18-11)8-19-3/h5-6H,4,7-8H2,1-3H3,(H2,14,15,17,18). The minimum absolute atomic E-state index is 0.390. The van der Waals surface area contributed by atoms with Crippen LogP contribution in [-0.4, -0.2) is 29.1 Å². The topological polar surface area (TPSA) is 72.0 Å². The molecule has 0 atom stereocenters. The Balaban J connectivity index is 2.05. The SMILES string of the molecule is CCc1cnc(CNc2cc(NC)nc(COC)n2)s1. The maximum Gasteiger partial charge on any atom is 0.158 e. The Labute approximate surface area is 122 Å². The Morgan fingerprint density at radius 3 is 2.75 bits per heavy atom. The van der Waals surface area contributed by atoms with Gasteiger partial charge in [0.25, 0.3) is 0 Å². The van der Waals surface area contributed by atoms with Crippen LogP contribution in [0.3, 0.4) is 0 Å². The molecule has 0 aliphatic heterocycles. The lowest BCUT2D eigenvalue weighted by Crippen LogP contribution is -2.07. The second-order valence-electron chi connectivity index (χ2n) is 4.17. The highest BCUT2D eigenvalue weighted by Crippen LogP contribution is 2.16. The lowest BCUT2D eigenvalue weighted by molar-refractivity contribution is 0.178. The van der Waals surface area contributed by atoms with Crippen LogP contribution in [0.25, 0.3) is 0 Å². The van der Waals surface area contributed by atoms with Crippen molar-refractivity contribution in [2.45, 2.75) is 26.5 Å². The van der Waals surface area contributed by atoms with E-state index in [0.717, 1.165) is 23.1 Å². The highest BCUT2D eigenvalue weighted by molar-refractivity contribution is 7.11. The molecule has 0 amide bonds. The maximum absolute atomic E-state index is 5.07. The lowest BCUT2D eigenvalue weighted by Gasteiger charge is -2.08. The van der Waals surface area contributed by atoms with E-state index in [4.69, 9.17) is 4.74 Å². The molecule has 2 N–H and O–H groups in total. The Hall–Kier alpha value is -1.73. The lowest BCUT2D eigenvalue weighted by atomic mass is 10.4. The third-order valence-corrected chi connectivity index (χ3v) is 3.81. The molecule has 2 heterocycles. The molecule has 2 rings (SSSR count). The summed E-state index contributed by atoms with van der Waals surface area (Å²) in [4.78, 5) is 14.4. The van der Waals surface area contributed by atoms with Gasteiger partial charge in [-0.2, -0.15) is 0 Å². The number of aryl methyl sites for hydroxylation is 1. The summed E-state index contributed by atoms with van der Waals surface area (Å²) >= 11 is 1.72. The van der Waals surface area contributed by atoms with Crippen molar-refractivity contribution in [3.8, 4) is 0 Å². The minimum atomic E-state index is 0.390. The molecular formula is C13H19N5OS. The highest BCUT2D eigenvalue weighted by Gasteiger charge is 2.05. The molecule has 6 nitrogen and oxygen atoms in total. The highest BCUT2D eigenvalue weighted by atomic mass is 32.1. The van der Waals surface area contributed by atoms with Crippen molar-refractivity contribution in [2.75, 3.05) is 24.8 Å². The fourth-order valence-corrected chi connectivity index (χ4v) is 2.47. The average molecular weight is 293 g/mol. The first-order valence-electron chi connectivity index (χ1n) is 6.47. The smallest absolute Gasteiger partial charge is 0.158 e. The molecule has 108 valence electrons. The van der Waals surface area contributed by atoms with E-state index in [0.29, 0.717) is 19.0 Å². The summed E-state index contributed by atoms with van der Waals surface area (Å²) in [5.41, 5.74) is 0. The number of nitrogens with zero attached hydrogens (tertiary/aromatic N) is 3. The molecule has 0 saturated carbocycles. The van der Waals surface area contributed by atoms with Crippen molar-refractivity contribution in [2.24, 2.45) is 0 Å². The van der Waals surface area contributed by atoms with Crippen LogP contribution in [0.5, 0.6) is 0 Å². The summed E-state index contributed by atoms with van der Waals surface area (Å²) in [6.45, 7) is 3.18. The second-order valence-corrected chi connectivity index (χ2v) is 5.36. The van der Waals surface area contributed by atoms with Crippen molar-refractivity contribution >= 4 is 23.0 Å². The summed E-state index contributed by atoms with van der Waals surface area (Å²) < 4.78 is 5.07. The number of rotatable bonds is 7. The van der Waals surface area contributed by atoms with Gasteiger partial charge in [-0.15, -0.1) is 11.3 Å². The second kappa shape index (κ2) is 7.16. The molecule has 0 radical (unpaired) electrons. The first-order chi connectivity index (χ1) is 9.75. The van der Waals surface area contributed by atoms with Gasteiger partial charge in [0.1, 0.15) is 23.3 Å². The largest absolute Gasteiger partial charge is 0.377 e. The number of hydrogen-bond acceptors (Lipinski definition) is 7. The number of thiazole rings is 1. The summed E-state index contributed by atoms with van der Waals surface area (Å²) in [5.74, 6) is 2.18. The summed E-state index contributed by atoms with van der Waals surface area (Å²) in [6.07, 6.45) is 2.95. The molecule has 2 aromatic rings. The Morgan fingerprint density at radius 2 is 2.10 bits per heavy atom. The van der Waals surface area contributed by atoms with Crippen molar-refractivity contribution in [1.29, 1.82) is 0 Å². The summed E-state index contributed by atoms with van der Waals surface area (Å²) in [7, 11) is 3.46. The molecule has 20 heavy (non-hydrogen) atoms. The van der Waals surface area contributed by atoms with Crippen LogP contribution in [-0.2, 0) is 24.3 Å². The average Bonchev–Trinajstić information content (AvgIpc) is 2.93. The number of aromatic nitrogens is 3. The number of nitrogens with one attached hydrogen (secondary N) is 2. The van der Waals surface area contributed by atoms with Crippen molar-refractivity contribution < 1.29 is 4.74 Å². The van der Waals surface area contributed by atoms with Crippen molar-refractivity contribution in [1.82, 2.24) is 15.0 Å². The van der Waals surface area contributed by atoms with E-state index < -0.39 is 0 Å². The zero-order valence-corrected chi connectivity index (χ0v) is 12.8. The van der Waals surface area contributed by atoms with E-state index >= 15 is 0 Å². The van der Waals surface area contributed by atoms with E-state index in [-0.39, 0.29) is 0 Å². The van der Waals surface area contributed by atoms with Gasteiger partial charge < -0.3 is 15.4 Å². The molecule has 0 bridgehead atoms. The van der Waals surface area contributed by atoms with Gasteiger partial charge in [0.2, 0.25) is 0 Å². The van der Waals surface area contributed by atoms with E-state index in [1.165, 1.54) is 4.88 Å². The fourth-order valence-electron chi connectivity index (χ4n) is 1.67. The molecule has 0 fully saturated rings. The van der Waals surface area contributed by atoms with Gasteiger partial charge in [-0.25, -0.2) is 15.0 Å². The van der Waals surface area contributed by atoms with Crippen LogP contribution in [0.4, 0.5) is 11.6 Å². The molecule has 7 heteroatoms. The number of anilines is 2. The Morgan fingerprint density at radius 1 is 1.30 bits per heavy atom. The molecule has 0 aromatic carbocycles. The van der Waals surface area contributed by atoms with Gasteiger partial charge in [0, 0.05) is 31.3 Å². The Kier molecular flexibility index (Phi) is 5.25. The first-order valence-corrected chi connectivity index (χ1v) is 7.29. The molecule has 0 saturated heterocycles. The summed E-state index contributed by atoms with van der Waals surface area (Å²) in [5, 5.41) is 7.35. The van der Waals surface area contributed by atoms with E-state index in [1.54, 1.807) is 18.4 Å². The first kappa shape index (κ1) is 14.7. The monoisotopic (exact) mass is 293 g/mol. The van der Waals surface area contributed by atoms with Crippen LogP contribution in [0.15, 0.2) is 12.3 Å². The van der Waals surface area contributed by atoms with Gasteiger partial charge in [-0.05, 0) is 6.42 Å². The molecule has 0 aliphatic carbocycles. The van der Waals surface area contributed by atoms with Gasteiger partial charge in [-0.1, -0.05) is 6.92 Å². The van der Waals surface area contributed by atoms with Crippen molar-refractivity contribution in [3.63, 3.8) is 0 Å². The van der Waals surface area contributed by atoms with Crippen LogP contribution in [0.1, 0.15) is 22.6 Å². The van der Waals surface area contributed by atoms with Crippen LogP contribution < -0.4 is 10.6 Å². The maximum atomic E-state index is 5.07. The van der Waals surface area contributed by atoms with Gasteiger partial charge in [0.15, 0.2) is 5.82 Å². The van der Waals surface area contributed by atoms with Crippen LogP contribution in [0, 0.1) is 0 Å². The Bertz CT molecular complexity index is 557. The molecule has 0 aliphatic rings. The van der Waals surface area contributed by atoms with Gasteiger partial charge >= 0.3 is 0 Å². The normalized spacial score (nSPS) is 10.6. The number of hydrogen-bond donors (Lipinski definition) is 2. The number of ether oxygens (including phenoxy) is 1. The van der Waals surface area contributed by atoms with E-state index in [9.17, 15) is 0 Å². The predicted octanol–water partition coefficient (Wildman–Crippen LogP) is 2.30.